The highest BCUT2D eigenvalue weighted by molar-refractivity contribution is 5.98. The lowest BCUT2D eigenvalue weighted by molar-refractivity contribution is -0.118. The Morgan fingerprint density at radius 2 is 2.00 bits per heavy atom. The van der Waals surface area contributed by atoms with Crippen molar-refractivity contribution in [2.75, 3.05) is 5.32 Å². The molecule has 1 unspecified atom stereocenters. The fourth-order valence-corrected chi connectivity index (χ4v) is 1.76. The van der Waals surface area contributed by atoms with E-state index in [1.54, 1.807) is 24.3 Å². The Labute approximate surface area is 118 Å². The highest BCUT2D eigenvalue weighted by atomic mass is 16.2. The van der Waals surface area contributed by atoms with Crippen LogP contribution in [0.4, 0.5) is 5.69 Å². The van der Waals surface area contributed by atoms with Crippen molar-refractivity contribution >= 4 is 17.5 Å². The third-order valence-electron chi connectivity index (χ3n) is 3.33. The number of rotatable bonds is 5. The maximum Gasteiger partial charge on any atom is 0.251 e. The van der Waals surface area contributed by atoms with Crippen LogP contribution in [0.3, 0.4) is 0 Å². The van der Waals surface area contributed by atoms with Crippen molar-refractivity contribution in [1.29, 1.82) is 0 Å². The summed E-state index contributed by atoms with van der Waals surface area (Å²) in [4.78, 5) is 23.8. The molecule has 5 nitrogen and oxygen atoms in total. The molecule has 1 aromatic carbocycles. The number of hydrogen-bond donors (Lipinski definition) is 3. The molecule has 0 aliphatic heterocycles. The molecule has 1 aliphatic carbocycles. The van der Waals surface area contributed by atoms with Crippen molar-refractivity contribution in [3.63, 3.8) is 0 Å². The molecule has 1 aliphatic rings. The molecule has 0 heterocycles. The topological polar surface area (TPSA) is 84.2 Å². The largest absolute Gasteiger partial charge is 0.349 e. The predicted molar refractivity (Wildman–Crippen MR) is 78.4 cm³/mol. The first-order valence-electron chi connectivity index (χ1n) is 6.94. The molecule has 1 atom stereocenters. The average Bonchev–Trinajstić information content (AvgIpc) is 3.21. The standard InChI is InChI=1S/C15H21N3O2/c1-9(2)13(16)15(20)18-12-5-3-4-10(8-12)14(19)17-11-6-7-11/h3-5,8-9,11,13H,6-7,16H2,1-2H3,(H,17,19)(H,18,20). The van der Waals surface area contributed by atoms with Crippen molar-refractivity contribution in [2.45, 2.75) is 38.8 Å². The molecule has 1 fully saturated rings. The number of hydrogen-bond acceptors (Lipinski definition) is 3. The van der Waals surface area contributed by atoms with Crippen molar-refractivity contribution in [1.82, 2.24) is 5.32 Å². The van der Waals surface area contributed by atoms with Crippen LogP contribution >= 0.6 is 0 Å². The van der Waals surface area contributed by atoms with Crippen LogP contribution in [0.1, 0.15) is 37.0 Å². The van der Waals surface area contributed by atoms with E-state index in [1.807, 2.05) is 13.8 Å². The van der Waals surface area contributed by atoms with Crippen molar-refractivity contribution in [2.24, 2.45) is 11.7 Å². The van der Waals surface area contributed by atoms with Gasteiger partial charge in [0.15, 0.2) is 0 Å². The van der Waals surface area contributed by atoms with Gasteiger partial charge in [0.25, 0.3) is 5.91 Å². The lowest BCUT2D eigenvalue weighted by Gasteiger charge is -2.15. The Morgan fingerprint density at radius 1 is 1.30 bits per heavy atom. The number of nitrogens with two attached hydrogens (primary N) is 1. The number of nitrogens with one attached hydrogen (secondary N) is 2. The van der Waals surface area contributed by atoms with Crippen molar-refractivity contribution in [3.05, 3.63) is 29.8 Å². The van der Waals surface area contributed by atoms with Gasteiger partial charge in [0, 0.05) is 17.3 Å². The van der Waals surface area contributed by atoms with E-state index in [9.17, 15) is 9.59 Å². The van der Waals surface area contributed by atoms with Crippen LogP contribution in [0.15, 0.2) is 24.3 Å². The SMILES string of the molecule is CC(C)C(N)C(=O)Nc1cccc(C(=O)NC2CC2)c1. The summed E-state index contributed by atoms with van der Waals surface area (Å²) in [7, 11) is 0. The molecule has 0 saturated heterocycles. The number of carbonyl (C=O) groups is 2. The van der Waals surface area contributed by atoms with Crippen LogP contribution in [0, 0.1) is 5.92 Å². The molecule has 0 bridgehead atoms. The van der Waals surface area contributed by atoms with Gasteiger partial charge in [0.05, 0.1) is 6.04 Å². The third-order valence-corrected chi connectivity index (χ3v) is 3.33. The molecule has 1 saturated carbocycles. The molecule has 2 amide bonds. The van der Waals surface area contributed by atoms with Gasteiger partial charge in [-0.1, -0.05) is 19.9 Å². The Morgan fingerprint density at radius 3 is 2.60 bits per heavy atom. The second-order valence-electron chi connectivity index (χ2n) is 5.59. The summed E-state index contributed by atoms with van der Waals surface area (Å²) < 4.78 is 0. The first-order chi connectivity index (χ1) is 9.47. The van der Waals surface area contributed by atoms with Gasteiger partial charge < -0.3 is 16.4 Å². The summed E-state index contributed by atoms with van der Waals surface area (Å²) in [6.07, 6.45) is 2.09. The number of amides is 2. The van der Waals surface area contributed by atoms with Crippen molar-refractivity contribution in [3.8, 4) is 0 Å². The smallest absolute Gasteiger partial charge is 0.251 e. The highest BCUT2D eigenvalue weighted by Crippen LogP contribution is 2.20. The summed E-state index contributed by atoms with van der Waals surface area (Å²) in [5, 5.41) is 5.66. The summed E-state index contributed by atoms with van der Waals surface area (Å²) in [6.45, 7) is 3.79. The second kappa shape index (κ2) is 6.05. The van der Waals surface area contributed by atoms with Crippen LogP contribution in [0.5, 0.6) is 0 Å². The molecule has 5 heteroatoms. The summed E-state index contributed by atoms with van der Waals surface area (Å²) in [5.41, 5.74) is 6.93. The fraction of sp³-hybridized carbons (Fsp3) is 0.467. The van der Waals surface area contributed by atoms with Gasteiger partial charge in [-0.3, -0.25) is 9.59 Å². The van der Waals surface area contributed by atoms with Crippen LogP contribution in [0.25, 0.3) is 0 Å². The van der Waals surface area contributed by atoms with Crippen LogP contribution in [-0.2, 0) is 4.79 Å². The van der Waals surface area contributed by atoms with Gasteiger partial charge in [-0.05, 0) is 37.0 Å². The predicted octanol–water partition coefficient (Wildman–Crippen LogP) is 1.50. The summed E-state index contributed by atoms with van der Waals surface area (Å²) in [5.74, 6) is -0.271. The molecule has 0 radical (unpaired) electrons. The number of benzene rings is 1. The monoisotopic (exact) mass is 275 g/mol. The lowest BCUT2D eigenvalue weighted by Crippen LogP contribution is -2.39. The first kappa shape index (κ1) is 14.5. The van der Waals surface area contributed by atoms with Crippen LogP contribution < -0.4 is 16.4 Å². The summed E-state index contributed by atoms with van der Waals surface area (Å²) in [6, 6.07) is 6.66. The maximum atomic E-state index is 11.9. The van der Waals surface area contributed by atoms with E-state index in [4.69, 9.17) is 5.73 Å². The van der Waals surface area contributed by atoms with Gasteiger partial charge in [0.1, 0.15) is 0 Å². The quantitative estimate of drug-likeness (QED) is 0.761. The Bertz CT molecular complexity index is 510. The van der Waals surface area contributed by atoms with Gasteiger partial charge in [-0.25, -0.2) is 0 Å². The highest BCUT2D eigenvalue weighted by Gasteiger charge is 2.24. The minimum absolute atomic E-state index is 0.0661. The molecular weight excluding hydrogens is 254 g/mol. The Hall–Kier alpha value is -1.88. The Kier molecular flexibility index (Phi) is 4.39. The second-order valence-corrected chi connectivity index (χ2v) is 5.59. The fourth-order valence-electron chi connectivity index (χ4n) is 1.76. The molecule has 0 aromatic heterocycles. The van der Waals surface area contributed by atoms with Gasteiger partial charge in [-0.2, -0.15) is 0 Å². The van der Waals surface area contributed by atoms with Crippen LogP contribution in [0.2, 0.25) is 0 Å². The zero-order valence-electron chi connectivity index (χ0n) is 11.8. The minimum atomic E-state index is -0.557. The van der Waals surface area contributed by atoms with Crippen molar-refractivity contribution < 1.29 is 9.59 Å². The number of anilines is 1. The van der Waals surface area contributed by atoms with E-state index in [0.717, 1.165) is 12.8 Å². The van der Waals surface area contributed by atoms with E-state index in [-0.39, 0.29) is 17.7 Å². The van der Waals surface area contributed by atoms with Gasteiger partial charge >= 0.3 is 0 Å². The Balaban J connectivity index is 2.01. The normalized spacial score (nSPS) is 15.8. The zero-order valence-corrected chi connectivity index (χ0v) is 11.8. The molecule has 1 aromatic rings. The van der Waals surface area contributed by atoms with E-state index < -0.39 is 6.04 Å². The lowest BCUT2D eigenvalue weighted by atomic mass is 10.0. The molecule has 0 spiro atoms. The third kappa shape index (κ3) is 3.81. The summed E-state index contributed by atoms with van der Waals surface area (Å²) >= 11 is 0. The number of carbonyl (C=O) groups excluding carboxylic acids is 2. The molecule has 20 heavy (non-hydrogen) atoms. The van der Waals surface area contributed by atoms with E-state index >= 15 is 0 Å². The molecular formula is C15H21N3O2. The molecule has 2 rings (SSSR count). The molecule has 4 N–H and O–H groups in total. The first-order valence-corrected chi connectivity index (χ1v) is 6.94. The average molecular weight is 275 g/mol. The van der Waals surface area contributed by atoms with E-state index in [1.165, 1.54) is 0 Å². The van der Waals surface area contributed by atoms with Gasteiger partial charge in [-0.15, -0.1) is 0 Å². The minimum Gasteiger partial charge on any atom is -0.349 e. The maximum absolute atomic E-state index is 11.9. The van der Waals surface area contributed by atoms with Crippen LogP contribution in [-0.4, -0.2) is 23.9 Å². The van der Waals surface area contributed by atoms with E-state index in [2.05, 4.69) is 10.6 Å². The van der Waals surface area contributed by atoms with E-state index in [0.29, 0.717) is 17.3 Å². The zero-order chi connectivity index (χ0) is 14.7. The molecule has 108 valence electrons. The van der Waals surface area contributed by atoms with Gasteiger partial charge in [0.2, 0.25) is 5.91 Å².